The molecule has 0 bridgehead atoms. The van der Waals surface area contributed by atoms with Gasteiger partial charge in [-0.05, 0) is 70.0 Å². The molecule has 0 saturated carbocycles. The lowest BCUT2D eigenvalue weighted by molar-refractivity contribution is 0.268. The third-order valence-electron chi connectivity index (χ3n) is 4.33. The van der Waals surface area contributed by atoms with E-state index in [2.05, 4.69) is 50.0 Å². The summed E-state index contributed by atoms with van der Waals surface area (Å²) in [4.78, 5) is 6.01. The lowest BCUT2D eigenvalue weighted by atomic mass is 9.89. The van der Waals surface area contributed by atoms with Gasteiger partial charge < -0.3 is 9.88 Å². The summed E-state index contributed by atoms with van der Waals surface area (Å²) in [7, 11) is 4.39. The van der Waals surface area contributed by atoms with Crippen LogP contribution in [0.5, 0.6) is 0 Å². The van der Waals surface area contributed by atoms with Gasteiger partial charge in [0.05, 0.1) is 0 Å². The molecule has 0 radical (unpaired) electrons. The number of likely N-dealkylation sites (N-methyl/N-ethyl adjacent to an activating group) is 1. The van der Waals surface area contributed by atoms with Gasteiger partial charge in [-0.2, -0.15) is 0 Å². The fraction of sp³-hybridized carbons (Fsp3) is 0.500. The second kappa shape index (κ2) is 4.13. The monoisotopic (exact) mass is 242 g/mol. The summed E-state index contributed by atoms with van der Waals surface area (Å²) >= 11 is 0. The third kappa shape index (κ3) is 1.76. The number of nitrogens with one attached hydrogen (secondary N) is 1. The van der Waals surface area contributed by atoms with E-state index in [1.807, 2.05) is 0 Å². The van der Waals surface area contributed by atoms with Crippen molar-refractivity contribution in [3.8, 4) is 0 Å². The largest absolute Gasteiger partial charge is 0.358 e. The fourth-order valence-electron chi connectivity index (χ4n) is 3.38. The van der Waals surface area contributed by atoms with Gasteiger partial charge in [0.1, 0.15) is 0 Å². The van der Waals surface area contributed by atoms with Crippen LogP contribution in [0.4, 0.5) is 0 Å². The van der Waals surface area contributed by atoms with Crippen LogP contribution >= 0.6 is 0 Å². The highest BCUT2D eigenvalue weighted by Gasteiger charge is 2.24. The maximum Gasteiger partial charge on any atom is 0.0464 e. The second-order valence-electron chi connectivity index (χ2n) is 5.95. The number of aryl methyl sites for hydroxylation is 3. The van der Waals surface area contributed by atoms with Crippen molar-refractivity contribution in [2.75, 3.05) is 14.1 Å². The van der Waals surface area contributed by atoms with Gasteiger partial charge in [-0.3, -0.25) is 0 Å². The zero-order chi connectivity index (χ0) is 12.9. The van der Waals surface area contributed by atoms with Crippen LogP contribution in [-0.4, -0.2) is 30.0 Å². The standard InChI is InChI=1S/C16H22N2/c1-10-7-11(2)16-13-9-12(18(3)4)5-6-14(13)17-15(16)8-10/h7-8,12,17H,5-6,9H2,1-4H3/t12-/m0/s1. The number of rotatable bonds is 1. The molecule has 1 aliphatic carbocycles. The predicted molar refractivity (Wildman–Crippen MR) is 77.3 cm³/mol. The van der Waals surface area contributed by atoms with Gasteiger partial charge in [-0.25, -0.2) is 0 Å². The molecule has 2 nitrogen and oxygen atoms in total. The Bertz CT molecular complexity index is 593. The SMILES string of the molecule is Cc1cc(C)c2c3c([nH]c2c1)CC[C@H](N(C)C)C3. The highest BCUT2D eigenvalue weighted by molar-refractivity contribution is 5.88. The summed E-state index contributed by atoms with van der Waals surface area (Å²) in [6, 6.07) is 5.28. The molecule has 1 heterocycles. The lowest BCUT2D eigenvalue weighted by Gasteiger charge is -2.28. The Morgan fingerprint density at radius 2 is 2.00 bits per heavy atom. The first-order valence-electron chi connectivity index (χ1n) is 6.83. The van der Waals surface area contributed by atoms with E-state index in [9.17, 15) is 0 Å². The van der Waals surface area contributed by atoms with E-state index in [-0.39, 0.29) is 0 Å². The molecule has 1 atom stereocenters. The molecule has 0 spiro atoms. The van der Waals surface area contributed by atoms with Crippen LogP contribution in [-0.2, 0) is 12.8 Å². The minimum atomic E-state index is 0.692. The predicted octanol–water partition coefficient (Wildman–Crippen LogP) is 3.20. The smallest absolute Gasteiger partial charge is 0.0464 e. The average molecular weight is 242 g/mol. The van der Waals surface area contributed by atoms with Gasteiger partial charge in [-0.1, -0.05) is 6.07 Å². The fourth-order valence-corrected chi connectivity index (χ4v) is 3.38. The van der Waals surface area contributed by atoms with Crippen LogP contribution in [0.2, 0.25) is 0 Å². The third-order valence-corrected chi connectivity index (χ3v) is 4.33. The molecule has 2 heteroatoms. The number of hydrogen-bond donors (Lipinski definition) is 1. The summed E-state index contributed by atoms with van der Waals surface area (Å²) in [6.45, 7) is 4.41. The molecule has 1 aromatic carbocycles. The zero-order valence-corrected chi connectivity index (χ0v) is 11.8. The number of hydrogen-bond acceptors (Lipinski definition) is 1. The normalized spacial score (nSPS) is 19.5. The van der Waals surface area contributed by atoms with Gasteiger partial charge in [0.2, 0.25) is 0 Å². The quantitative estimate of drug-likeness (QED) is 0.813. The Morgan fingerprint density at radius 1 is 1.22 bits per heavy atom. The summed E-state index contributed by atoms with van der Waals surface area (Å²) < 4.78 is 0. The summed E-state index contributed by atoms with van der Waals surface area (Å²) in [5, 5.41) is 1.47. The van der Waals surface area contributed by atoms with E-state index in [0.29, 0.717) is 6.04 Å². The van der Waals surface area contributed by atoms with E-state index in [4.69, 9.17) is 0 Å². The van der Waals surface area contributed by atoms with E-state index < -0.39 is 0 Å². The van der Waals surface area contributed by atoms with Gasteiger partial charge >= 0.3 is 0 Å². The Kier molecular flexibility index (Phi) is 2.70. The molecule has 18 heavy (non-hydrogen) atoms. The van der Waals surface area contributed by atoms with Crippen LogP contribution < -0.4 is 0 Å². The van der Waals surface area contributed by atoms with Gasteiger partial charge in [0.25, 0.3) is 0 Å². The van der Waals surface area contributed by atoms with Gasteiger partial charge in [-0.15, -0.1) is 0 Å². The van der Waals surface area contributed by atoms with Crippen LogP contribution in [0.3, 0.4) is 0 Å². The number of fused-ring (bicyclic) bond motifs is 3. The van der Waals surface area contributed by atoms with E-state index in [1.165, 1.54) is 47.0 Å². The topological polar surface area (TPSA) is 19.0 Å². The Labute approximate surface area is 109 Å². The minimum absolute atomic E-state index is 0.692. The number of benzene rings is 1. The van der Waals surface area contributed by atoms with Crippen molar-refractivity contribution in [2.45, 2.75) is 39.2 Å². The maximum absolute atomic E-state index is 3.64. The molecule has 0 aliphatic heterocycles. The van der Waals surface area contributed by atoms with Crippen molar-refractivity contribution >= 4 is 10.9 Å². The Hall–Kier alpha value is -1.28. The van der Waals surface area contributed by atoms with Crippen LogP contribution in [0.1, 0.15) is 28.8 Å². The molecule has 1 aromatic heterocycles. The highest BCUT2D eigenvalue weighted by atomic mass is 15.1. The lowest BCUT2D eigenvalue weighted by Crippen LogP contribution is -2.33. The maximum atomic E-state index is 3.64. The molecule has 2 aromatic rings. The first-order chi connectivity index (χ1) is 8.56. The zero-order valence-electron chi connectivity index (χ0n) is 11.8. The first kappa shape index (κ1) is 11.8. The average Bonchev–Trinajstić information content (AvgIpc) is 2.65. The molecule has 96 valence electrons. The van der Waals surface area contributed by atoms with Gasteiger partial charge in [0.15, 0.2) is 0 Å². The second-order valence-corrected chi connectivity index (χ2v) is 5.95. The van der Waals surface area contributed by atoms with Crippen molar-refractivity contribution in [3.63, 3.8) is 0 Å². The van der Waals surface area contributed by atoms with Crippen LogP contribution in [0.25, 0.3) is 10.9 Å². The van der Waals surface area contributed by atoms with Crippen LogP contribution in [0.15, 0.2) is 12.1 Å². The molecule has 1 aliphatic rings. The summed E-state index contributed by atoms with van der Waals surface area (Å²) in [6.07, 6.45) is 3.64. The molecular weight excluding hydrogens is 220 g/mol. The molecule has 0 saturated heterocycles. The number of aromatic amines is 1. The molecular formula is C16H22N2. The van der Waals surface area contributed by atoms with Crippen molar-refractivity contribution in [1.29, 1.82) is 0 Å². The van der Waals surface area contributed by atoms with Crippen molar-refractivity contribution < 1.29 is 0 Å². The molecule has 1 N–H and O–H groups in total. The minimum Gasteiger partial charge on any atom is -0.358 e. The van der Waals surface area contributed by atoms with E-state index in [1.54, 1.807) is 5.56 Å². The van der Waals surface area contributed by atoms with Crippen LogP contribution in [0, 0.1) is 13.8 Å². The molecule has 0 amide bonds. The van der Waals surface area contributed by atoms with E-state index >= 15 is 0 Å². The number of nitrogens with zero attached hydrogens (tertiary/aromatic N) is 1. The number of H-pyrrole nitrogens is 1. The highest BCUT2D eigenvalue weighted by Crippen LogP contribution is 2.33. The van der Waals surface area contributed by atoms with Gasteiger partial charge in [0, 0.05) is 22.6 Å². The summed E-state index contributed by atoms with van der Waals surface area (Å²) in [5.41, 5.74) is 7.13. The molecule has 0 fully saturated rings. The Morgan fingerprint density at radius 3 is 2.72 bits per heavy atom. The first-order valence-corrected chi connectivity index (χ1v) is 6.83. The molecule has 3 rings (SSSR count). The number of aromatic nitrogens is 1. The molecule has 0 unspecified atom stereocenters. The Balaban J connectivity index is 2.15. The van der Waals surface area contributed by atoms with Crippen molar-refractivity contribution in [1.82, 2.24) is 9.88 Å². The summed E-state index contributed by atoms with van der Waals surface area (Å²) in [5.74, 6) is 0. The van der Waals surface area contributed by atoms with Crippen molar-refractivity contribution in [2.24, 2.45) is 0 Å². The van der Waals surface area contributed by atoms with Crippen molar-refractivity contribution in [3.05, 3.63) is 34.5 Å². The van der Waals surface area contributed by atoms with E-state index in [0.717, 1.165) is 0 Å².